The third kappa shape index (κ3) is 3.64. The number of rotatable bonds is 4. The molecule has 0 radical (unpaired) electrons. The highest BCUT2D eigenvalue weighted by atomic mass is 19.4. The molecule has 20 heavy (non-hydrogen) atoms. The minimum atomic E-state index is -4.47. The standard InChI is InChI=1S/C12H10F3NO4/c13-12(14,15)5-18-6-19-11(17)10-4-7-3-8(16)1-2-9(7)20-10/h1-4H,5-6,16H2. The number of esters is 1. The molecule has 0 amide bonds. The Bertz CT molecular complexity index is 621. The van der Waals surface area contributed by atoms with Crippen molar-refractivity contribution >= 4 is 22.6 Å². The van der Waals surface area contributed by atoms with Crippen LogP contribution in [0.1, 0.15) is 10.6 Å². The van der Waals surface area contributed by atoms with E-state index in [2.05, 4.69) is 9.47 Å². The first-order valence-corrected chi connectivity index (χ1v) is 5.46. The Labute approximate surface area is 111 Å². The molecule has 0 aliphatic heterocycles. The van der Waals surface area contributed by atoms with Crippen molar-refractivity contribution in [1.29, 1.82) is 0 Å². The minimum absolute atomic E-state index is 0.138. The van der Waals surface area contributed by atoms with Gasteiger partial charge in [-0.2, -0.15) is 13.2 Å². The third-order valence-corrected chi connectivity index (χ3v) is 2.28. The molecule has 0 fully saturated rings. The second kappa shape index (κ2) is 5.41. The molecule has 0 unspecified atom stereocenters. The van der Waals surface area contributed by atoms with Gasteiger partial charge in [0, 0.05) is 11.1 Å². The minimum Gasteiger partial charge on any atom is -0.449 e. The van der Waals surface area contributed by atoms with Gasteiger partial charge in [0.25, 0.3) is 0 Å². The van der Waals surface area contributed by atoms with Crippen LogP contribution in [0, 0.1) is 0 Å². The molecule has 1 aromatic carbocycles. The monoisotopic (exact) mass is 289 g/mol. The van der Waals surface area contributed by atoms with Gasteiger partial charge in [0.05, 0.1) is 0 Å². The molecule has 2 rings (SSSR count). The highest BCUT2D eigenvalue weighted by Crippen LogP contribution is 2.22. The van der Waals surface area contributed by atoms with Crippen molar-refractivity contribution in [2.45, 2.75) is 6.18 Å². The van der Waals surface area contributed by atoms with E-state index in [4.69, 9.17) is 10.2 Å². The molecule has 0 spiro atoms. The summed E-state index contributed by atoms with van der Waals surface area (Å²) < 4.78 is 49.2. The number of alkyl halides is 3. The van der Waals surface area contributed by atoms with E-state index in [1.807, 2.05) is 0 Å². The number of furan rings is 1. The average Bonchev–Trinajstić information content (AvgIpc) is 2.76. The number of carbonyl (C=O) groups excluding carboxylic acids is 1. The molecule has 0 saturated carbocycles. The molecule has 1 heterocycles. The summed E-state index contributed by atoms with van der Waals surface area (Å²) in [5.74, 6) is -1.05. The van der Waals surface area contributed by atoms with Crippen molar-refractivity contribution in [1.82, 2.24) is 0 Å². The predicted molar refractivity (Wildman–Crippen MR) is 62.9 cm³/mol. The zero-order chi connectivity index (χ0) is 14.8. The van der Waals surface area contributed by atoms with Crippen LogP contribution in [0.4, 0.5) is 18.9 Å². The molecular weight excluding hydrogens is 279 g/mol. The molecule has 0 bridgehead atoms. The summed E-state index contributed by atoms with van der Waals surface area (Å²) in [6, 6.07) is 6.14. The number of nitrogens with two attached hydrogens (primary N) is 1. The van der Waals surface area contributed by atoms with Gasteiger partial charge in [0.1, 0.15) is 12.2 Å². The molecular formula is C12H10F3NO4. The molecule has 5 nitrogen and oxygen atoms in total. The largest absolute Gasteiger partial charge is 0.449 e. The second-order valence-electron chi connectivity index (χ2n) is 3.92. The van der Waals surface area contributed by atoms with Crippen LogP contribution in [0.3, 0.4) is 0 Å². The Morgan fingerprint density at radius 1 is 1.30 bits per heavy atom. The van der Waals surface area contributed by atoms with Gasteiger partial charge < -0.3 is 19.6 Å². The lowest BCUT2D eigenvalue weighted by Gasteiger charge is -2.07. The van der Waals surface area contributed by atoms with Crippen LogP contribution >= 0.6 is 0 Å². The lowest BCUT2D eigenvalue weighted by molar-refractivity contribution is -0.190. The summed E-state index contributed by atoms with van der Waals surface area (Å²) in [7, 11) is 0. The average molecular weight is 289 g/mol. The number of ether oxygens (including phenoxy) is 2. The molecule has 108 valence electrons. The van der Waals surface area contributed by atoms with Crippen LogP contribution in [0.2, 0.25) is 0 Å². The molecule has 0 aliphatic rings. The van der Waals surface area contributed by atoms with Gasteiger partial charge in [-0.3, -0.25) is 0 Å². The lowest BCUT2D eigenvalue weighted by Crippen LogP contribution is -2.19. The van der Waals surface area contributed by atoms with E-state index in [1.165, 1.54) is 6.07 Å². The Morgan fingerprint density at radius 3 is 2.75 bits per heavy atom. The molecule has 1 aromatic heterocycles. The van der Waals surface area contributed by atoms with Crippen molar-refractivity contribution in [3.63, 3.8) is 0 Å². The van der Waals surface area contributed by atoms with Crippen LogP contribution in [-0.2, 0) is 9.47 Å². The maximum absolute atomic E-state index is 11.8. The van der Waals surface area contributed by atoms with Crippen molar-refractivity contribution in [2.24, 2.45) is 0 Å². The Hall–Kier alpha value is -2.22. The van der Waals surface area contributed by atoms with Gasteiger partial charge in [-0.25, -0.2) is 4.79 Å². The number of benzene rings is 1. The van der Waals surface area contributed by atoms with Gasteiger partial charge in [-0.05, 0) is 24.3 Å². The number of hydrogen-bond donors (Lipinski definition) is 1. The van der Waals surface area contributed by atoms with Crippen LogP contribution in [-0.4, -0.2) is 25.5 Å². The van der Waals surface area contributed by atoms with Gasteiger partial charge in [0.2, 0.25) is 5.76 Å². The molecule has 2 aromatic rings. The van der Waals surface area contributed by atoms with E-state index >= 15 is 0 Å². The van der Waals surface area contributed by atoms with E-state index in [1.54, 1.807) is 18.2 Å². The van der Waals surface area contributed by atoms with Gasteiger partial charge >= 0.3 is 12.1 Å². The fraction of sp³-hybridized carbons (Fsp3) is 0.250. The number of halogens is 3. The maximum atomic E-state index is 11.8. The SMILES string of the molecule is Nc1ccc2oc(C(=O)OCOCC(F)(F)F)cc2c1. The lowest BCUT2D eigenvalue weighted by atomic mass is 10.2. The fourth-order valence-corrected chi connectivity index (χ4v) is 1.49. The number of carbonyl (C=O) groups is 1. The van der Waals surface area contributed by atoms with Crippen LogP contribution < -0.4 is 5.73 Å². The number of fused-ring (bicyclic) bond motifs is 1. The molecule has 2 N–H and O–H groups in total. The fourth-order valence-electron chi connectivity index (χ4n) is 1.49. The molecule has 0 atom stereocenters. The van der Waals surface area contributed by atoms with E-state index in [0.717, 1.165) is 0 Å². The van der Waals surface area contributed by atoms with Crippen molar-refractivity contribution in [2.75, 3.05) is 19.1 Å². The van der Waals surface area contributed by atoms with Gasteiger partial charge in [-0.1, -0.05) is 0 Å². The summed E-state index contributed by atoms with van der Waals surface area (Å²) in [5, 5.41) is 0.591. The normalized spacial score (nSPS) is 11.8. The molecule has 0 aliphatic carbocycles. The van der Waals surface area contributed by atoms with Crippen molar-refractivity contribution in [3.05, 3.63) is 30.0 Å². The quantitative estimate of drug-likeness (QED) is 0.405. The van der Waals surface area contributed by atoms with Crippen molar-refractivity contribution < 1.29 is 31.9 Å². The molecule has 8 heteroatoms. The Balaban J connectivity index is 1.94. The van der Waals surface area contributed by atoms with E-state index in [-0.39, 0.29) is 5.76 Å². The zero-order valence-electron chi connectivity index (χ0n) is 10.1. The summed E-state index contributed by atoms with van der Waals surface area (Å²) in [6.07, 6.45) is -4.47. The van der Waals surface area contributed by atoms with Gasteiger partial charge in [-0.15, -0.1) is 0 Å². The zero-order valence-corrected chi connectivity index (χ0v) is 10.1. The maximum Gasteiger partial charge on any atom is 0.411 e. The number of hydrogen-bond acceptors (Lipinski definition) is 5. The summed E-state index contributed by atoms with van der Waals surface area (Å²) in [5.41, 5.74) is 6.48. The third-order valence-electron chi connectivity index (χ3n) is 2.28. The summed E-state index contributed by atoms with van der Waals surface area (Å²) in [6.45, 7) is -2.30. The predicted octanol–water partition coefficient (Wildman–Crippen LogP) is 2.71. The second-order valence-corrected chi connectivity index (χ2v) is 3.92. The van der Waals surface area contributed by atoms with Crippen LogP contribution in [0.5, 0.6) is 0 Å². The molecule has 0 saturated heterocycles. The summed E-state index contributed by atoms with van der Waals surface area (Å²) in [4.78, 5) is 11.5. The Kier molecular flexibility index (Phi) is 3.84. The first-order valence-electron chi connectivity index (χ1n) is 5.46. The number of anilines is 1. The van der Waals surface area contributed by atoms with E-state index in [0.29, 0.717) is 16.7 Å². The first kappa shape index (κ1) is 14.2. The van der Waals surface area contributed by atoms with Crippen LogP contribution in [0.15, 0.2) is 28.7 Å². The topological polar surface area (TPSA) is 74.7 Å². The van der Waals surface area contributed by atoms with Crippen LogP contribution in [0.25, 0.3) is 11.0 Å². The van der Waals surface area contributed by atoms with E-state index in [9.17, 15) is 18.0 Å². The first-order chi connectivity index (χ1) is 9.35. The van der Waals surface area contributed by atoms with E-state index < -0.39 is 25.5 Å². The van der Waals surface area contributed by atoms with Crippen molar-refractivity contribution in [3.8, 4) is 0 Å². The highest BCUT2D eigenvalue weighted by Gasteiger charge is 2.27. The van der Waals surface area contributed by atoms with Gasteiger partial charge in [0.15, 0.2) is 6.79 Å². The summed E-state index contributed by atoms with van der Waals surface area (Å²) >= 11 is 0. The number of nitrogen functional groups attached to an aromatic ring is 1. The highest BCUT2D eigenvalue weighted by molar-refractivity contribution is 5.93. The Morgan fingerprint density at radius 2 is 2.05 bits per heavy atom. The smallest absolute Gasteiger partial charge is 0.411 e.